The first kappa shape index (κ1) is 13.4. The number of hydrogen-bond acceptors (Lipinski definition) is 3. The van der Waals surface area contributed by atoms with E-state index >= 15 is 0 Å². The summed E-state index contributed by atoms with van der Waals surface area (Å²) in [4.78, 5) is 24.7. The molecular weight excluding hydrogens is 318 g/mol. The fourth-order valence-corrected chi connectivity index (χ4v) is 3.05. The second kappa shape index (κ2) is 4.93. The lowest BCUT2D eigenvalue weighted by Gasteiger charge is -2.21. The van der Waals surface area contributed by atoms with Crippen molar-refractivity contribution in [3.05, 3.63) is 27.7 Å². The largest absolute Gasteiger partial charge is 0.478 e. The predicted octanol–water partition coefficient (Wildman–Crippen LogP) is 2.49. The number of hydrogen-bond donors (Lipinski definition) is 2. The summed E-state index contributed by atoms with van der Waals surface area (Å²) in [6.07, 6.45) is 0.345. The molecular formula is C12H12BrNO3S. The second-order valence-corrected chi connectivity index (χ2v) is 5.93. The lowest BCUT2D eigenvalue weighted by molar-refractivity contribution is -0.117. The Labute approximate surface area is 119 Å². The van der Waals surface area contributed by atoms with Crippen LogP contribution in [0.3, 0.4) is 0 Å². The number of carboxylic acids is 1. The molecule has 1 unspecified atom stereocenters. The summed E-state index contributed by atoms with van der Waals surface area (Å²) in [6, 6.07) is 3.32. The molecule has 1 N–H and O–H groups in total. The summed E-state index contributed by atoms with van der Waals surface area (Å²) >= 11 is 7.55. The number of amides is 1. The molecule has 0 aliphatic carbocycles. The van der Waals surface area contributed by atoms with Gasteiger partial charge < -0.3 is 10.0 Å². The van der Waals surface area contributed by atoms with E-state index < -0.39 is 5.97 Å². The number of halogens is 1. The molecule has 1 aromatic rings. The second-order valence-electron chi connectivity index (χ2n) is 4.29. The minimum Gasteiger partial charge on any atom is -0.478 e. The van der Waals surface area contributed by atoms with E-state index in [0.29, 0.717) is 23.1 Å². The van der Waals surface area contributed by atoms with E-state index in [4.69, 9.17) is 0 Å². The molecule has 0 aromatic heterocycles. The van der Waals surface area contributed by atoms with Crippen LogP contribution < -0.4 is 4.90 Å². The SMILES string of the molecule is Cc1cc(Br)cc(C(=O)O)c1N1CC(S)CC1=O. The van der Waals surface area contributed by atoms with E-state index in [9.17, 15) is 14.7 Å². The lowest BCUT2D eigenvalue weighted by atomic mass is 10.1. The van der Waals surface area contributed by atoms with Gasteiger partial charge in [0.1, 0.15) is 0 Å². The number of nitrogens with zero attached hydrogens (tertiary/aromatic N) is 1. The highest BCUT2D eigenvalue weighted by atomic mass is 79.9. The van der Waals surface area contributed by atoms with E-state index in [0.717, 1.165) is 5.56 Å². The minimum absolute atomic E-state index is 0.0396. The van der Waals surface area contributed by atoms with Crippen molar-refractivity contribution in [1.82, 2.24) is 0 Å². The number of carboxylic acid groups (broad SMARTS) is 1. The van der Waals surface area contributed by atoms with Gasteiger partial charge in [0.15, 0.2) is 0 Å². The first-order chi connectivity index (χ1) is 8.40. The van der Waals surface area contributed by atoms with Crippen LogP contribution in [0.25, 0.3) is 0 Å². The van der Waals surface area contributed by atoms with Crippen molar-refractivity contribution in [2.24, 2.45) is 0 Å². The Morgan fingerprint density at radius 2 is 2.22 bits per heavy atom. The lowest BCUT2D eigenvalue weighted by Crippen LogP contribution is -2.27. The molecule has 1 atom stereocenters. The number of aryl methyl sites for hydroxylation is 1. The number of aromatic carboxylic acids is 1. The van der Waals surface area contributed by atoms with Crippen LogP contribution >= 0.6 is 28.6 Å². The van der Waals surface area contributed by atoms with Crippen LogP contribution in [0.15, 0.2) is 16.6 Å². The summed E-state index contributed by atoms with van der Waals surface area (Å²) in [5.41, 5.74) is 1.38. The molecule has 1 aliphatic rings. The van der Waals surface area contributed by atoms with Gasteiger partial charge in [0.05, 0.1) is 11.3 Å². The van der Waals surface area contributed by atoms with Gasteiger partial charge in [-0.3, -0.25) is 4.79 Å². The Balaban J connectivity index is 2.56. The summed E-state index contributed by atoms with van der Waals surface area (Å²) in [5, 5.41) is 9.21. The van der Waals surface area contributed by atoms with Gasteiger partial charge in [-0.1, -0.05) is 15.9 Å². The Bertz CT molecular complexity index is 532. The van der Waals surface area contributed by atoms with Gasteiger partial charge in [0.25, 0.3) is 0 Å². The zero-order valence-electron chi connectivity index (χ0n) is 9.68. The van der Waals surface area contributed by atoms with E-state index in [1.54, 1.807) is 13.0 Å². The van der Waals surface area contributed by atoms with Gasteiger partial charge in [-0.15, -0.1) is 0 Å². The molecule has 1 amide bonds. The van der Waals surface area contributed by atoms with E-state index in [1.807, 2.05) is 0 Å². The molecule has 4 nitrogen and oxygen atoms in total. The molecule has 1 fully saturated rings. The van der Waals surface area contributed by atoms with Crippen molar-refractivity contribution >= 4 is 46.1 Å². The standard InChI is InChI=1S/C12H12BrNO3S/c1-6-2-7(13)3-9(12(16)17)11(6)14-5-8(18)4-10(14)15/h2-3,8,18H,4-5H2,1H3,(H,16,17). The monoisotopic (exact) mass is 329 g/mol. The number of anilines is 1. The summed E-state index contributed by atoms with van der Waals surface area (Å²) in [5.74, 6) is -1.12. The van der Waals surface area contributed by atoms with Crippen molar-refractivity contribution in [3.8, 4) is 0 Å². The smallest absolute Gasteiger partial charge is 0.337 e. The van der Waals surface area contributed by atoms with Gasteiger partial charge in [-0.25, -0.2) is 4.79 Å². The van der Waals surface area contributed by atoms with E-state index in [2.05, 4.69) is 28.6 Å². The third-order valence-corrected chi connectivity index (χ3v) is 3.67. The van der Waals surface area contributed by atoms with Crippen LogP contribution in [0.4, 0.5) is 5.69 Å². The quantitative estimate of drug-likeness (QED) is 0.819. The number of carbonyl (C=O) groups excluding carboxylic acids is 1. The van der Waals surface area contributed by atoms with E-state index in [1.165, 1.54) is 11.0 Å². The van der Waals surface area contributed by atoms with Crippen LogP contribution in [-0.4, -0.2) is 28.8 Å². The molecule has 1 saturated heterocycles. The summed E-state index contributed by atoms with van der Waals surface area (Å²) in [6.45, 7) is 2.25. The Morgan fingerprint density at radius 1 is 1.56 bits per heavy atom. The number of rotatable bonds is 2. The van der Waals surface area contributed by atoms with Crippen molar-refractivity contribution in [2.75, 3.05) is 11.4 Å². The van der Waals surface area contributed by atoms with Crippen LogP contribution in [0.5, 0.6) is 0 Å². The molecule has 2 rings (SSSR count). The Hall–Kier alpha value is -1.01. The number of carbonyl (C=O) groups is 2. The van der Waals surface area contributed by atoms with Crippen molar-refractivity contribution < 1.29 is 14.7 Å². The Morgan fingerprint density at radius 3 is 2.72 bits per heavy atom. The fourth-order valence-electron chi connectivity index (χ4n) is 2.16. The zero-order valence-corrected chi connectivity index (χ0v) is 12.2. The zero-order chi connectivity index (χ0) is 13.4. The number of benzene rings is 1. The van der Waals surface area contributed by atoms with E-state index in [-0.39, 0.29) is 16.7 Å². The molecule has 0 bridgehead atoms. The van der Waals surface area contributed by atoms with Gasteiger partial charge >= 0.3 is 5.97 Å². The maximum Gasteiger partial charge on any atom is 0.337 e. The molecule has 0 spiro atoms. The summed E-state index contributed by atoms with van der Waals surface area (Å²) in [7, 11) is 0. The average molecular weight is 330 g/mol. The van der Waals surface area contributed by atoms with Crippen molar-refractivity contribution in [2.45, 2.75) is 18.6 Å². The molecule has 6 heteroatoms. The first-order valence-electron chi connectivity index (χ1n) is 5.42. The van der Waals surface area contributed by atoms with Gasteiger partial charge in [-0.2, -0.15) is 12.6 Å². The molecule has 0 radical (unpaired) electrons. The molecule has 96 valence electrons. The molecule has 1 aromatic carbocycles. The first-order valence-corrected chi connectivity index (χ1v) is 6.73. The maximum absolute atomic E-state index is 11.9. The highest BCUT2D eigenvalue weighted by Gasteiger charge is 2.32. The van der Waals surface area contributed by atoms with Gasteiger partial charge in [0, 0.05) is 22.7 Å². The predicted molar refractivity (Wildman–Crippen MR) is 75.6 cm³/mol. The van der Waals surface area contributed by atoms with Gasteiger partial charge in [-0.05, 0) is 24.6 Å². The number of thiol groups is 1. The highest BCUT2D eigenvalue weighted by molar-refractivity contribution is 9.10. The summed E-state index contributed by atoms with van der Waals surface area (Å²) < 4.78 is 0.690. The molecule has 18 heavy (non-hydrogen) atoms. The van der Waals surface area contributed by atoms with Gasteiger partial charge in [0.2, 0.25) is 5.91 Å². The van der Waals surface area contributed by atoms with Crippen LogP contribution in [-0.2, 0) is 4.79 Å². The van der Waals surface area contributed by atoms with Crippen molar-refractivity contribution in [1.29, 1.82) is 0 Å². The average Bonchev–Trinajstić information content (AvgIpc) is 2.56. The Kier molecular flexibility index (Phi) is 3.68. The maximum atomic E-state index is 11.9. The van der Waals surface area contributed by atoms with Crippen molar-refractivity contribution in [3.63, 3.8) is 0 Å². The molecule has 0 saturated carbocycles. The highest BCUT2D eigenvalue weighted by Crippen LogP contribution is 2.33. The van der Waals surface area contributed by atoms with Crippen LogP contribution in [0, 0.1) is 6.92 Å². The molecule has 1 heterocycles. The topological polar surface area (TPSA) is 57.6 Å². The third kappa shape index (κ3) is 2.40. The molecule has 1 aliphatic heterocycles. The fraction of sp³-hybridized carbons (Fsp3) is 0.333. The minimum atomic E-state index is -1.04. The third-order valence-electron chi connectivity index (χ3n) is 2.87. The van der Waals surface area contributed by atoms with Crippen LogP contribution in [0.1, 0.15) is 22.3 Å². The normalized spacial score (nSPS) is 19.4. The van der Waals surface area contributed by atoms with Crippen LogP contribution in [0.2, 0.25) is 0 Å².